The summed E-state index contributed by atoms with van der Waals surface area (Å²) in [6.07, 6.45) is -3.01. The third-order valence-corrected chi connectivity index (χ3v) is 2.81. The number of benzene rings is 1. The minimum Gasteiger partial charge on any atom is -0.481 e. The third kappa shape index (κ3) is 3.12. The fourth-order valence-electron chi connectivity index (χ4n) is 1.67. The lowest BCUT2D eigenvalue weighted by atomic mass is 9.86. The summed E-state index contributed by atoms with van der Waals surface area (Å²) in [5, 5.41) is 8.97. The zero-order valence-corrected chi connectivity index (χ0v) is 9.74. The highest BCUT2D eigenvalue weighted by Crippen LogP contribution is 2.37. The summed E-state index contributed by atoms with van der Waals surface area (Å²) in [5.74, 6) is -5.01. The monoisotopic (exact) mass is 258 g/mol. The highest BCUT2D eigenvalue weighted by atomic mass is 19.4. The Morgan fingerprint density at radius 2 is 1.83 bits per heavy atom. The molecule has 18 heavy (non-hydrogen) atoms. The van der Waals surface area contributed by atoms with Crippen molar-refractivity contribution in [1.82, 2.24) is 0 Å². The Hall–Kier alpha value is -1.78. The molecule has 0 aliphatic rings. The van der Waals surface area contributed by atoms with Gasteiger partial charge in [0.1, 0.15) is 0 Å². The molecule has 0 amide bonds. The van der Waals surface area contributed by atoms with Crippen LogP contribution in [0.1, 0.15) is 24.0 Å². The summed E-state index contributed by atoms with van der Waals surface area (Å²) in [5.41, 5.74) is 0.862. The summed E-state index contributed by atoms with van der Waals surface area (Å²) in [6, 6.07) is 5.86. The molecule has 0 fully saturated rings. The van der Waals surface area contributed by atoms with Crippen LogP contribution in [0, 0.1) is 5.92 Å². The van der Waals surface area contributed by atoms with Crippen LogP contribution >= 0.6 is 0 Å². The van der Waals surface area contributed by atoms with Crippen LogP contribution in [0.15, 0.2) is 30.8 Å². The lowest BCUT2D eigenvalue weighted by molar-refractivity contribution is -0.183. The van der Waals surface area contributed by atoms with Crippen LogP contribution in [0.2, 0.25) is 0 Å². The van der Waals surface area contributed by atoms with Crippen molar-refractivity contribution in [2.75, 3.05) is 0 Å². The Morgan fingerprint density at radius 1 is 1.33 bits per heavy atom. The van der Waals surface area contributed by atoms with Gasteiger partial charge in [0.15, 0.2) is 0 Å². The maximum Gasteiger partial charge on any atom is 0.392 e. The fraction of sp³-hybridized carbons (Fsp3) is 0.308. The summed E-state index contributed by atoms with van der Waals surface area (Å²) in [6.45, 7) is 4.39. The minimum absolute atomic E-state index is 0.137. The van der Waals surface area contributed by atoms with Crippen LogP contribution in [0.5, 0.6) is 0 Å². The van der Waals surface area contributed by atoms with E-state index in [4.69, 9.17) is 5.11 Å². The topological polar surface area (TPSA) is 37.3 Å². The van der Waals surface area contributed by atoms with E-state index in [1.54, 1.807) is 12.1 Å². The van der Waals surface area contributed by atoms with E-state index in [-0.39, 0.29) is 5.56 Å². The van der Waals surface area contributed by atoms with Gasteiger partial charge in [0, 0.05) is 0 Å². The summed E-state index contributed by atoms with van der Waals surface area (Å²) in [7, 11) is 0. The second-order valence-electron chi connectivity index (χ2n) is 4.02. The van der Waals surface area contributed by atoms with Crippen molar-refractivity contribution >= 4 is 12.0 Å². The van der Waals surface area contributed by atoms with E-state index in [9.17, 15) is 18.0 Å². The van der Waals surface area contributed by atoms with Crippen molar-refractivity contribution in [3.8, 4) is 0 Å². The number of carbonyl (C=O) groups is 1. The van der Waals surface area contributed by atoms with E-state index in [2.05, 4.69) is 6.58 Å². The standard InChI is InChI=1S/C13H13F3O2/c1-3-9-4-6-10(7-5-9)11(12(17)18)8(2)13(14,15)16/h3-8,11H,1H2,2H3,(H,17,18)/t8-,11?/m1/s1. The first kappa shape index (κ1) is 14.3. The molecule has 0 saturated heterocycles. The van der Waals surface area contributed by atoms with Gasteiger partial charge in [-0.1, -0.05) is 43.8 Å². The molecule has 0 radical (unpaired) electrons. The zero-order valence-electron chi connectivity index (χ0n) is 9.74. The van der Waals surface area contributed by atoms with Crippen LogP contribution in [-0.4, -0.2) is 17.3 Å². The molecule has 1 N–H and O–H groups in total. The van der Waals surface area contributed by atoms with E-state index >= 15 is 0 Å². The van der Waals surface area contributed by atoms with Gasteiger partial charge < -0.3 is 5.11 Å². The van der Waals surface area contributed by atoms with Crippen molar-refractivity contribution in [3.05, 3.63) is 42.0 Å². The second kappa shape index (κ2) is 5.25. The number of hydrogen-bond donors (Lipinski definition) is 1. The minimum atomic E-state index is -4.54. The average molecular weight is 258 g/mol. The fourth-order valence-corrected chi connectivity index (χ4v) is 1.67. The molecule has 0 heterocycles. The first-order valence-electron chi connectivity index (χ1n) is 5.29. The van der Waals surface area contributed by atoms with E-state index in [1.807, 2.05) is 0 Å². The number of halogens is 3. The third-order valence-electron chi connectivity index (χ3n) is 2.81. The summed E-state index contributed by atoms with van der Waals surface area (Å²) >= 11 is 0. The molecule has 0 aliphatic heterocycles. The molecular weight excluding hydrogens is 245 g/mol. The highest BCUT2D eigenvalue weighted by Gasteiger charge is 2.44. The number of carboxylic acids is 1. The largest absolute Gasteiger partial charge is 0.481 e. The molecular formula is C13H13F3O2. The normalized spacial score (nSPS) is 14.9. The van der Waals surface area contributed by atoms with E-state index in [0.717, 1.165) is 12.5 Å². The molecule has 2 atom stereocenters. The van der Waals surface area contributed by atoms with E-state index in [0.29, 0.717) is 0 Å². The number of aliphatic carboxylic acids is 1. The maximum absolute atomic E-state index is 12.6. The SMILES string of the molecule is C=Cc1ccc(C(C(=O)O)[C@@H](C)C(F)(F)F)cc1. The molecule has 1 unspecified atom stereocenters. The highest BCUT2D eigenvalue weighted by molar-refractivity contribution is 5.76. The van der Waals surface area contributed by atoms with Crippen LogP contribution in [0.25, 0.3) is 6.08 Å². The number of carboxylic acid groups (broad SMARTS) is 1. The van der Waals surface area contributed by atoms with Crippen LogP contribution in [0.3, 0.4) is 0 Å². The molecule has 2 nitrogen and oxygen atoms in total. The number of hydrogen-bond acceptors (Lipinski definition) is 1. The Labute approximate surface area is 103 Å². The molecule has 1 rings (SSSR count). The predicted molar refractivity (Wildman–Crippen MR) is 62.1 cm³/mol. The molecule has 0 spiro atoms. The van der Waals surface area contributed by atoms with Crippen molar-refractivity contribution < 1.29 is 23.1 Å². The van der Waals surface area contributed by atoms with Gasteiger partial charge >= 0.3 is 12.1 Å². The van der Waals surface area contributed by atoms with Crippen molar-refractivity contribution in [2.45, 2.75) is 19.0 Å². The lowest BCUT2D eigenvalue weighted by Gasteiger charge is -2.23. The average Bonchev–Trinajstić information content (AvgIpc) is 2.28. The van der Waals surface area contributed by atoms with E-state index < -0.39 is 24.0 Å². The molecule has 98 valence electrons. The maximum atomic E-state index is 12.6. The number of rotatable bonds is 4. The van der Waals surface area contributed by atoms with Gasteiger partial charge in [0.2, 0.25) is 0 Å². The molecule has 0 saturated carbocycles. The predicted octanol–water partition coefficient (Wildman–Crippen LogP) is 3.70. The van der Waals surface area contributed by atoms with Gasteiger partial charge in [-0.2, -0.15) is 13.2 Å². The Kier molecular flexibility index (Phi) is 4.16. The van der Waals surface area contributed by atoms with Gasteiger partial charge in [0.25, 0.3) is 0 Å². The van der Waals surface area contributed by atoms with E-state index in [1.165, 1.54) is 18.2 Å². The van der Waals surface area contributed by atoms with Crippen molar-refractivity contribution in [3.63, 3.8) is 0 Å². The zero-order chi connectivity index (χ0) is 13.9. The van der Waals surface area contributed by atoms with Crippen LogP contribution < -0.4 is 0 Å². The first-order chi connectivity index (χ1) is 8.27. The number of alkyl halides is 3. The lowest BCUT2D eigenvalue weighted by Crippen LogP contribution is -2.31. The van der Waals surface area contributed by atoms with Gasteiger partial charge in [-0.3, -0.25) is 4.79 Å². The smallest absolute Gasteiger partial charge is 0.392 e. The van der Waals surface area contributed by atoms with Crippen molar-refractivity contribution in [1.29, 1.82) is 0 Å². The molecule has 0 bridgehead atoms. The van der Waals surface area contributed by atoms with Crippen molar-refractivity contribution in [2.24, 2.45) is 5.92 Å². The molecule has 0 aliphatic carbocycles. The first-order valence-corrected chi connectivity index (χ1v) is 5.29. The summed E-state index contributed by atoms with van der Waals surface area (Å²) in [4.78, 5) is 11.0. The Bertz CT molecular complexity index is 435. The van der Waals surface area contributed by atoms with Crippen LogP contribution in [-0.2, 0) is 4.79 Å². The van der Waals surface area contributed by atoms with Gasteiger partial charge in [0.05, 0.1) is 11.8 Å². The van der Waals surface area contributed by atoms with Gasteiger partial charge in [-0.15, -0.1) is 0 Å². The van der Waals surface area contributed by atoms with Gasteiger partial charge in [-0.25, -0.2) is 0 Å². The molecule has 5 heteroatoms. The molecule has 1 aromatic rings. The molecule has 0 aromatic heterocycles. The second-order valence-corrected chi connectivity index (χ2v) is 4.02. The van der Waals surface area contributed by atoms with Gasteiger partial charge in [-0.05, 0) is 11.1 Å². The summed E-state index contributed by atoms with van der Waals surface area (Å²) < 4.78 is 37.8. The quantitative estimate of drug-likeness (QED) is 0.894. The molecule has 1 aromatic carbocycles. The Balaban J connectivity index is 3.12. The Morgan fingerprint density at radius 3 is 2.17 bits per heavy atom. The van der Waals surface area contributed by atoms with Crippen LogP contribution in [0.4, 0.5) is 13.2 Å².